The summed E-state index contributed by atoms with van der Waals surface area (Å²) in [5, 5.41) is 12.9. The number of benzene rings is 1. The van der Waals surface area contributed by atoms with Crippen molar-refractivity contribution in [3.05, 3.63) is 91.5 Å². The van der Waals surface area contributed by atoms with Gasteiger partial charge in [0.15, 0.2) is 0 Å². The molecular weight excluding hydrogens is 468 g/mol. The fourth-order valence-corrected chi connectivity index (χ4v) is 4.90. The van der Waals surface area contributed by atoms with Crippen LogP contribution in [-0.2, 0) is 24.9 Å². The molecule has 0 spiro atoms. The molecular formula is C25H22N4O3S2. The number of anilines is 1. The van der Waals surface area contributed by atoms with E-state index in [4.69, 9.17) is 16.6 Å². The molecule has 1 aliphatic heterocycles. The molecule has 0 aliphatic carbocycles. The van der Waals surface area contributed by atoms with Crippen molar-refractivity contribution in [1.29, 1.82) is 5.26 Å². The predicted molar refractivity (Wildman–Crippen MR) is 137 cm³/mol. The summed E-state index contributed by atoms with van der Waals surface area (Å²) in [6.45, 7) is 4.44. The molecule has 7 nitrogen and oxygen atoms in total. The van der Waals surface area contributed by atoms with Crippen LogP contribution in [0.15, 0.2) is 56.8 Å². The lowest BCUT2D eigenvalue weighted by Gasteiger charge is -2.18. The molecule has 4 rings (SSSR count). The number of nitriles is 1. The molecule has 3 heterocycles. The van der Waals surface area contributed by atoms with Gasteiger partial charge in [-0.05, 0) is 43.2 Å². The van der Waals surface area contributed by atoms with E-state index in [9.17, 15) is 14.9 Å². The van der Waals surface area contributed by atoms with Gasteiger partial charge in [-0.3, -0.25) is 19.1 Å². The van der Waals surface area contributed by atoms with Crippen LogP contribution in [0.5, 0.6) is 0 Å². The Bertz CT molecular complexity index is 1400. The van der Waals surface area contributed by atoms with Crippen molar-refractivity contribution >= 4 is 46.1 Å². The third kappa shape index (κ3) is 4.55. The summed E-state index contributed by atoms with van der Waals surface area (Å²) >= 11 is 6.62. The van der Waals surface area contributed by atoms with Gasteiger partial charge in [0.05, 0.1) is 17.7 Å². The molecule has 1 aliphatic rings. The van der Waals surface area contributed by atoms with E-state index in [1.165, 1.54) is 21.2 Å². The quantitative estimate of drug-likeness (QED) is 0.402. The minimum atomic E-state index is -0.395. The topological polar surface area (TPSA) is 91.3 Å². The maximum absolute atomic E-state index is 13.1. The van der Waals surface area contributed by atoms with Crippen molar-refractivity contribution in [2.75, 3.05) is 5.32 Å². The second-order valence-corrected chi connectivity index (χ2v) is 9.60. The summed E-state index contributed by atoms with van der Waals surface area (Å²) in [7, 11) is 1.61. The summed E-state index contributed by atoms with van der Waals surface area (Å²) < 4.78 is 7.19. The normalized spacial score (nSPS) is 14.6. The van der Waals surface area contributed by atoms with Crippen LogP contribution in [0.4, 0.5) is 5.82 Å². The lowest BCUT2D eigenvalue weighted by Crippen LogP contribution is -2.27. The molecule has 172 valence electrons. The highest BCUT2D eigenvalue weighted by Crippen LogP contribution is 2.35. The third-order valence-corrected chi connectivity index (χ3v) is 7.00. The van der Waals surface area contributed by atoms with E-state index >= 15 is 0 Å². The molecule has 0 bridgehead atoms. The van der Waals surface area contributed by atoms with Gasteiger partial charge in [0.2, 0.25) is 0 Å². The molecule has 1 fully saturated rings. The van der Waals surface area contributed by atoms with Gasteiger partial charge in [-0.1, -0.05) is 53.8 Å². The lowest BCUT2D eigenvalue weighted by molar-refractivity contribution is -0.122. The van der Waals surface area contributed by atoms with Crippen LogP contribution in [0, 0.1) is 25.2 Å². The Balaban J connectivity index is 1.73. The number of thioether (sulfide) groups is 1. The first kappa shape index (κ1) is 23.5. The van der Waals surface area contributed by atoms with Gasteiger partial charge < -0.3 is 9.73 Å². The van der Waals surface area contributed by atoms with E-state index in [0.29, 0.717) is 38.5 Å². The molecule has 1 aromatic carbocycles. The number of hydrogen-bond donors (Lipinski definition) is 1. The minimum Gasteiger partial charge on any atom is -0.467 e. The average Bonchev–Trinajstić information content (AvgIpc) is 3.42. The molecule has 3 aromatic rings. The van der Waals surface area contributed by atoms with Crippen LogP contribution in [-0.4, -0.2) is 19.7 Å². The molecule has 34 heavy (non-hydrogen) atoms. The van der Waals surface area contributed by atoms with E-state index < -0.39 is 5.56 Å². The standard InChI is InChI=1S/C25H22N4O3S2/c1-15-6-8-17(9-7-15)13-27-22-19(16(2)20(12-26)23(30)28(22)3)11-21-24(31)29(25(33)34-21)14-18-5-4-10-32-18/h4-11,27H,13-14H2,1-3H3/b21-11-. The van der Waals surface area contributed by atoms with Gasteiger partial charge in [-0.2, -0.15) is 5.26 Å². The number of nitrogens with one attached hydrogen (secondary N) is 1. The van der Waals surface area contributed by atoms with Crippen molar-refractivity contribution in [1.82, 2.24) is 9.47 Å². The Morgan fingerprint density at radius 2 is 1.94 bits per heavy atom. The van der Waals surface area contributed by atoms with Gasteiger partial charge in [0.1, 0.15) is 27.5 Å². The lowest BCUT2D eigenvalue weighted by atomic mass is 10.0. The predicted octanol–water partition coefficient (Wildman–Crippen LogP) is 4.48. The maximum atomic E-state index is 13.1. The van der Waals surface area contributed by atoms with Crippen molar-refractivity contribution in [3.8, 4) is 6.07 Å². The van der Waals surface area contributed by atoms with Gasteiger partial charge in [0.25, 0.3) is 11.5 Å². The van der Waals surface area contributed by atoms with Crippen molar-refractivity contribution < 1.29 is 9.21 Å². The molecule has 0 unspecified atom stereocenters. The number of aryl methyl sites for hydroxylation is 1. The number of amides is 1. The molecule has 9 heteroatoms. The highest BCUT2D eigenvalue weighted by molar-refractivity contribution is 8.26. The summed E-state index contributed by atoms with van der Waals surface area (Å²) in [6, 6.07) is 13.6. The molecule has 1 saturated heterocycles. The van der Waals surface area contributed by atoms with E-state index in [-0.39, 0.29) is 18.0 Å². The third-order valence-electron chi connectivity index (χ3n) is 5.62. The summed E-state index contributed by atoms with van der Waals surface area (Å²) in [5.41, 5.74) is 2.95. The smallest absolute Gasteiger partial charge is 0.270 e. The molecule has 2 aromatic heterocycles. The number of aromatic nitrogens is 1. The number of rotatable bonds is 6. The first-order valence-corrected chi connectivity index (χ1v) is 11.7. The van der Waals surface area contributed by atoms with E-state index in [2.05, 4.69) is 5.32 Å². The highest BCUT2D eigenvalue weighted by atomic mass is 32.2. The fourth-order valence-electron chi connectivity index (χ4n) is 3.66. The van der Waals surface area contributed by atoms with Crippen molar-refractivity contribution in [3.63, 3.8) is 0 Å². The molecule has 0 saturated carbocycles. The van der Waals surface area contributed by atoms with E-state index in [1.807, 2.05) is 37.3 Å². The second-order valence-electron chi connectivity index (χ2n) is 7.92. The van der Waals surface area contributed by atoms with Crippen molar-refractivity contribution in [2.45, 2.75) is 26.9 Å². The first-order valence-electron chi connectivity index (χ1n) is 10.5. The Morgan fingerprint density at radius 1 is 1.21 bits per heavy atom. The minimum absolute atomic E-state index is 0.0423. The maximum Gasteiger partial charge on any atom is 0.270 e. The fraction of sp³-hybridized carbons (Fsp3) is 0.200. The van der Waals surface area contributed by atoms with Gasteiger partial charge >= 0.3 is 0 Å². The zero-order chi connectivity index (χ0) is 24.4. The SMILES string of the molecule is Cc1ccc(CNc2c(/C=C3\SC(=S)N(Cc4ccco4)C3=O)c(C)c(C#N)c(=O)n2C)cc1. The Morgan fingerprint density at radius 3 is 2.59 bits per heavy atom. The first-order chi connectivity index (χ1) is 16.3. The summed E-state index contributed by atoms with van der Waals surface area (Å²) in [5.74, 6) is 0.907. The Hall–Kier alpha value is -3.61. The summed E-state index contributed by atoms with van der Waals surface area (Å²) in [4.78, 5) is 27.8. The number of pyridine rings is 1. The van der Waals surface area contributed by atoms with Gasteiger partial charge in [-0.15, -0.1) is 0 Å². The van der Waals surface area contributed by atoms with E-state index in [0.717, 1.165) is 11.1 Å². The van der Waals surface area contributed by atoms with Crippen LogP contribution < -0.4 is 10.9 Å². The van der Waals surface area contributed by atoms with Gasteiger partial charge in [0, 0.05) is 19.2 Å². The van der Waals surface area contributed by atoms with Crippen LogP contribution in [0.25, 0.3) is 6.08 Å². The summed E-state index contributed by atoms with van der Waals surface area (Å²) in [6.07, 6.45) is 3.25. The zero-order valence-electron chi connectivity index (χ0n) is 18.9. The van der Waals surface area contributed by atoms with Crippen molar-refractivity contribution in [2.24, 2.45) is 7.05 Å². The highest BCUT2D eigenvalue weighted by Gasteiger charge is 2.33. The van der Waals surface area contributed by atoms with Crippen LogP contribution in [0.3, 0.4) is 0 Å². The van der Waals surface area contributed by atoms with Crippen LogP contribution in [0.1, 0.15) is 33.6 Å². The number of hydrogen-bond acceptors (Lipinski definition) is 7. The van der Waals surface area contributed by atoms with Crippen LogP contribution >= 0.6 is 24.0 Å². The van der Waals surface area contributed by atoms with E-state index in [1.54, 1.807) is 38.4 Å². The molecule has 0 radical (unpaired) electrons. The number of furan rings is 1. The number of thiocarbonyl (C=S) groups is 1. The molecule has 0 atom stereocenters. The zero-order valence-corrected chi connectivity index (χ0v) is 20.5. The number of carbonyl (C=O) groups excluding carboxylic acids is 1. The van der Waals surface area contributed by atoms with Gasteiger partial charge in [-0.25, -0.2) is 0 Å². The number of nitrogens with zero attached hydrogens (tertiary/aromatic N) is 3. The van der Waals surface area contributed by atoms with Crippen LogP contribution in [0.2, 0.25) is 0 Å². The Labute approximate surface area is 206 Å². The monoisotopic (exact) mass is 490 g/mol. The molecule has 1 N–H and O–H groups in total. The average molecular weight is 491 g/mol. The number of carbonyl (C=O) groups is 1. The Kier molecular flexibility index (Phi) is 6.72. The second kappa shape index (κ2) is 9.71. The largest absolute Gasteiger partial charge is 0.467 e. The molecule has 1 amide bonds.